The molecule has 0 saturated carbocycles. The lowest BCUT2D eigenvalue weighted by Crippen LogP contribution is -2.51. The van der Waals surface area contributed by atoms with Crippen LogP contribution in [0.5, 0.6) is 0 Å². The molecule has 6 nitrogen and oxygen atoms in total. The van der Waals surface area contributed by atoms with E-state index in [-0.39, 0.29) is 5.92 Å². The Morgan fingerprint density at radius 2 is 2.00 bits per heavy atom. The third-order valence-corrected chi connectivity index (χ3v) is 4.38. The van der Waals surface area contributed by atoms with Gasteiger partial charge in [-0.15, -0.1) is 0 Å². The molecule has 1 heterocycles. The highest BCUT2D eigenvalue weighted by molar-refractivity contribution is 6.08. The molecule has 0 bridgehead atoms. The first-order valence-electron chi connectivity index (χ1n) is 7.86. The van der Waals surface area contributed by atoms with Crippen LogP contribution >= 0.6 is 0 Å². The summed E-state index contributed by atoms with van der Waals surface area (Å²) in [6.07, 6.45) is 5.23. The summed E-state index contributed by atoms with van der Waals surface area (Å²) in [6, 6.07) is 0. The molecule has 0 aliphatic carbocycles. The van der Waals surface area contributed by atoms with E-state index in [1.807, 2.05) is 4.90 Å². The molecule has 2 atom stereocenters. The molecular weight excluding hydrogens is 271 g/mol. The Labute approximate surface area is 127 Å². The zero-order chi connectivity index (χ0) is 15.9. The number of hydrogen-bond donors (Lipinski definition) is 3. The molecule has 7 heteroatoms. The van der Waals surface area contributed by atoms with Crippen molar-refractivity contribution in [3.05, 3.63) is 0 Å². The summed E-state index contributed by atoms with van der Waals surface area (Å²) in [7, 11) is 2.07. The number of likely N-dealkylation sites (tertiary alicyclic amines) is 1. The van der Waals surface area contributed by atoms with Gasteiger partial charge in [-0.1, -0.05) is 19.2 Å². The summed E-state index contributed by atoms with van der Waals surface area (Å²) in [6.45, 7) is 1.88. The van der Waals surface area contributed by atoms with Gasteiger partial charge in [0, 0.05) is 13.1 Å². The second-order valence-corrected chi connectivity index (χ2v) is 6.15. The molecule has 0 radical (unpaired) electrons. The number of nitrogens with zero attached hydrogens (tertiary/aromatic N) is 1. The van der Waals surface area contributed by atoms with Gasteiger partial charge in [0.05, 0.1) is 5.92 Å². The SMILES string of the molecule is BCCCCC(N)(CCN1CCCC(C(=O)O)C1)C(=O)O. The summed E-state index contributed by atoms with van der Waals surface area (Å²) >= 11 is 0. The minimum atomic E-state index is -1.19. The average molecular weight is 298 g/mol. The van der Waals surface area contributed by atoms with Gasteiger partial charge in [-0.3, -0.25) is 9.59 Å². The molecule has 1 aliphatic heterocycles. The predicted octanol–water partition coefficient (Wildman–Crippen LogP) is 0.177. The minimum absolute atomic E-state index is 0.337. The smallest absolute Gasteiger partial charge is 0.323 e. The quantitative estimate of drug-likeness (QED) is 0.414. The first kappa shape index (κ1) is 18.0. The normalized spacial score (nSPS) is 22.6. The maximum Gasteiger partial charge on any atom is 0.323 e. The molecule has 1 aliphatic rings. The number of carbonyl (C=O) groups is 2. The lowest BCUT2D eigenvalue weighted by atomic mass is 9.87. The van der Waals surface area contributed by atoms with E-state index in [0.29, 0.717) is 32.4 Å². The topological polar surface area (TPSA) is 104 Å². The highest BCUT2D eigenvalue weighted by Crippen LogP contribution is 2.21. The molecule has 4 N–H and O–H groups in total. The maximum atomic E-state index is 11.4. The maximum absolute atomic E-state index is 11.4. The van der Waals surface area contributed by atoms with Crippen LogP contribution in [-0.2, 0) is 9.59 Å². The summed E-state index contributed by atoms with van der Waals surface area (Å²) in [5.74, 6) is -2.05. The van der Waals surface area contributed by atoms with Gasteiger partial charge in [-0.05, 0) is 32.2 Å². The minimum Gasteiger partial charge on any atom is -0.481 e. The molecular formula is C14H27BN2O4. The van der Waals surface area contributed by atoms with Gasteiger partial charge in [0.2, 0.25) is 0 Å². The summed E-state index contributed by atoms with van der Waals surface area (Å²) in [5, 5.41) is 18.4. The highest BCUT2D eigenvalue weighted by Gasteiger charge is 2.34. The van der Waals surface area contributed by atoms with Gasteiger partial charge in [0.25, 0.3) is 0 Å². The zero-order valence-electron chi connectivity index (χ0n) is 12.9. The lowest BCUT2D eigenvalue weighted by molar-refractivity contribution is -0.146. The first-order valence-corrected chi connectivity index (χ1v) is 7.86. The molecule has 0 aromatic carbocycles. The van der Waals surface area contributed by atoms with Crippen molar-refractivity contribution in [2.24, 2.45) is 11.7 Å². The van der Waals surface area contributed by atoms with Crippen LogP contribution in [0, 0.1) is 5.92 Å². The number of hydrogen-bond acceptors (Lipinski definition) is 4. The van der Waals surface area contributed by atoms with E-state index < -0.39 is 17.5 Å². The van der Waals surface area contributed by atoms with Crippen LogP contribution in [0.4, 0.5) is 0 Å². The first-order chi connectivity index (χ1) is 9.89. The van der Waals surface area contributed by atoms with Crippen molar-refractivity contribution < 1.29 is 19.8 Å². The molecule has 0 aromatic rings. The van der Waals surface area contributed by atoms with Crippen LogP contribution in [0.3, 0.4) is 0 Å². The molecule has 0 spiro atoms. The van der Waals surface area contributed by atoms with E-state index in [1.165, 1.54) is 0 Å². The molecule has 1 rings (SSSR count). The third-order valence-electron chi connectivity index (χ3n) is 4.38. The van der Waals surface area contributed by atoms with Gasteiger partial charge in [-0.2, -0.15) is 0 Å². The van der Waals surface area contributed by atoms with Crippen molar-refractivity contribution in [1.82, 2.24) is 4.90 Å². The molecule has 1 saturated heterocycles. The molecule has 0 amide bonds. The van der Waals surface area contributed by atoms with Crippen LogP contribution in [-0.4, -0.2) is 60.1 Å². The van der Waals surface area contributed by atoms with E-state index >= 15 is 0 Å². The second-order valence-electron chi connectivity index (χ2n) is 6.15. The molecule has 1 fully saturated rings. The van der Waals surface area contributed by atoms with E-state index in [2.05, 4.69) is 7.85 Å². The van der Waals surface area contributed by atoms with E-state index in [9.17, 15) is 14.7 Å². The fraction of sp³-hybridized carbons (Fsp3) is 0.857. The largest absolute Gasteiger partial charge is 0.481 e. The Morgan fingerprint density at radius 3 is 2.57 bits per heavy atom. The van der Waals surface area contributed by atoms with Gasteiger partial charge < -0.3 is 20.8 Å². The fourth-order valence-corrected chi connectivity index (χ4v) is 2.85. The average Bonchev–Trinajstić information content (AvgIpc) is 2.45. The predicted molar refractivity (Wildman–Crippen MR) is 83.2 cm³/mol. The molecule has 2 unspecified atom stereocenters. The van der Waals surface area contributed by atoms with Crippen LogP contribution in [0.25, 0.3) is 0 Å². The Morgan fingerprint density at radius 1 is 1.29 bits per heavy atom. The van der Waals surface area contributed by atoms with Crippen molar-refractivity contribution in [3.8, 4) is 0 Å². The lowest BCUT2D eigenvalue weighted by Gasteiger charge is -2.33. The summed E-state index contributed by atoms with van der Waals surface area (Å²) in [4.78, 5) is 24.5. The van der Waals surface area contributed by atoms with Crippen LogP contribution < -0.4 is 5.73 Å². The fourth-order valence-electron chi connectivity index (χ4n) is 2.85. The molecule has 120 valence electrons. The van der Waals surface area contributed by atoms with Gasteiger partial charge in [0.15, 0.2) is 0 Å². The standard InChI is InChI=1S/C14H27BN2O4/c15-7-2-1-5-14(16,13(20)21)6-9-17-8-3-4-11(10-17)12(18)19/h11H,1-10,15-16H2,(H,18,19)(H,20,21). The van der Waals surface area contributed by atoms with Gasteiger partial charge >= 0.3 is 11.9 Å². The number of aliphatic carboxylic acids is 2. The third kappa shape index (κ3) is 5.67. The summed E-state index contributed by atoms with van der Waals surface area (Å²) < 4.78 is 0. The van der Waals surface area contributed by atoms with Crippen LogP contribution in [0.1, 0.15) is 38.5 Å². The number of unbranched alkanes of at least 4 members (excludes halogenated alkanes) is 1. The Hall–Kier alpha value is -1.08. The number of carboxylic acids is 2. The van der Waals surface area contributed by atoms with Crippen LogP contribution in [0.2, 0.25) is 6.32 Å². The number of piperidine rings is 1. The zero-order valence-corrected chi connectivity index (χ0v) is 12.9. The second kappa shape index (κ2) is 8.39. The van der Waals surface area contributed by atoms with Crippen molar-refractivity contribution in [2.75, 3.05) is 19.6 Å². The van der Waals surface area contributed by atoms with E-state index in [1.54, 1.807) is 0 Å². The molecule has 21 heavy (non-hydrogen) atoms. The highest BCUT2D eigenvalue weighted by atomic mass is 16.4. The van der Waals surface area contributed by atoms with Gasteiger partial charge in [0.1, 0.15) is 13.4 Å². The van der Waals surface area contributed by atoms with E-state index in [0.717, 1.165) is 32.1 Å². The van der Waals surface area contributed by atoms with Crippen LogP contribution in [0.15, 0.2) is 0 Å². The monoisotopic (exact) mass is 298 g/mol. The van der Waals surface area contributed by atoms with Crippen molar-refractivity contribution in [2.45, 2.75) is 50.4 Å². The number of carboxylic acid groups (broad SMARTS) is 2. The van der Waals surface area contributed by atoms with E-state index in [4.69, 9.17) is 10.8 Å². The Kier molecular flexibility index (Phi) is 7.18. The Balaban J connectivity index is 2.48. The summed E-state index contributed by atoms with van der Waals surface area (Å²) in [5.41, 5.74) is 4.86. The Bertz CT molecular complexity index is 367. The van der Waals surface area contributed by atoms with Crippen molar-refractivity contribution in [1.29, 1.82) is 0 Å². The van der Waals surface area contributed by atoms with Crippen molar-refractivity contribution in [3.63, 3.8) is 0 Å². The van der Waals surface area contributed by atoms with Crippen molar-refractivity contribution >= 4 is 19.8 Å². The number of nitrogens with two attached hydrogens (primary N) is 1. The van der Waals surface area contributed by atoms with Gasteiger partial charge in [-0.25, -0.2) is 0 Å². The number of rotatable bonds is 9. The molecule has 0 aromatic heterocycles.